The van der Waals surface area contributed by atoms with Crippen LogP contribution in [0, 0.1) is 0 Å². The summed E-state index contributed by atoms with van der Waals surface area (Å²) in [5.41, 5.74) is 5.12. The third-order valence-corrected chi connectivity index (χ3v) is 6.33. The van der Waals surface area contributed by atoms with E-state index >= 15 is 0 Å². The van der Waals surface area contributed by atoms with Crippen LogP contribution in [-0.2, 0) is 17.6 Å². The standard InChI is InChI=1S/C20H25N7OS/c1-3-12(2)13-7-9-14(10-8-13)22-17(28)11-29-20-26-25-19(27(20)21)18-15-5-4-6-16(15)23-24-18/h7-10,12H,3-6,11,21H2,1-2H3,(H,22,28)(H,23,24)/t12-/m0/s1. The molecule has 1 aromatic carbocycles. The maximum absolute atomic E-state index is 12.3. The second kappa shape index (κ2) is 8.28. The molecule has 1 aliphatic rings. The van der Waals surface area contributed by atoms with Crippen LogP contribution in [0.4, 0.5) is 5.69 Å². The van der Waals surface area contributed by atoms with E-state index in [2.05, 4.69) is 51.7 Å². The van der Waals surface area contributed by atoms with Gasteiger partial charge in [0.15, 0.2) is 0 Å². The highest BCUT2D eigenvalue weighted by Crippen LogP contribution is 2.30. The molecule has 152 valence electrons. The Labute approximate surface area is 173 Å². The largest absolute Gasteiger partial charge is 0.335 e. The molecule has 1 amide bonds. The fraction of sp³-hybridized carbons (Fsp3) is 0.400. The number of aromatic amines is 1. The zero-order chi connectivity index (χ0) is 20.4. The Hall–Kier alpha value is -2.81. The number of nitrogens with one attached hydrogen (secondary N) is 2. The first-order chi connectivity index (χ1) is 14.1. The van der Waals surface area contributed by atoms with Gasteiger partial charge in [-0.3, -0.25) is 9.89 Å². The molecule has 1 aliphatic carbocycles. The molecule has 0 spiro atoms. The quantitative estimate of drug-likeness (QED) is 0.406. The number of aryl methyl sites for hydroxylation is 1. The fourth-order valence-corrected chi connectivity index (χ4v) is 4.16. The Balaban J connectivity index is 1.37. The van der Waals surface area contributed by atoms with Gasteiger partial charge in [-0.2, -0.15) is 5.10 Å². The van der Waals surface area contributed by atoms with Gasteiger partial charge in [-0.1, -0.05) is 37.7 Å². The number of anilines is 1. The zero-order valence-electron chi connectivity index (χ0n) is 16.6. The molecule has 4 rings (SSSR count). The van der Waals surface area contributed by atoms with Gasteiger partial charge in [0, 0.05) is 16.9 Å². The van der Waals surface area contributed by atoms with Crippen molar-refractivity contribution in [2.75, 3.05) is 16.9 Å². The van der Waals surface area contributed by atoms with Crippen LogP contribution in [0.25, 0.3) is 11.5 Å². The van der Waals surface area contributed by atoms with E-state index in [1.807, 2.05) is 12.1 Å². The van der Waals surface area contributed by atoms with Gasteiger partial charge in [0.2, 0.25) is 16.9 Å². The number of amides is 1. The second-order valence-electron chi connectivity index (χ2n) is 7.33. The van der Waals surface area contributed by atoms with Gasteiger partial charge in [0.1, 0.15) is 5.69 Å². The molecule has 4 N–H and O–H groups in total. The third kappa shape index (κ3) is 4.00. The molecule has 2 heterocycles. The first-order valence-electron chi connectivity index (χ1n) is 9.86. The Kier molecular flexibility index (Phi) is 5.57. The number of nitrogens with zero attached hydrogens (tertiary/aromatic N) is 4. The third-order valence-electron chi connectivity index (χ3n) is 5.39. The lowest BCUT2D eigenvalue weighted by molar-refractivity contribution is -0.113. The number of hydrogen-bond acceptors (Lipinski definition) is 6. The number of hydrogen-bond donors (Lipinski definition) is 3. The summed E-state index contributed by atoms with van der Waals surface area (Å²) < 4.78 is 1.41. The molecule has 0 saturated heterocycles. The summed E-state index contributed by atoms with van der Waals surface area (Å²) in [6.45, 7) is 4.36. The van der Waals surface area contributed by atoms with E-state index in [9.17, 15) is 4.79 Å². The summed E-state index contributed by atoms with van der Waals surface area (Å²) in [4.78, 5) is 12.3. The lowest BCUT2D eigenvalue weighted by atomic mass is 9.99. The van der Waals surface area contributed by atoms with E-state index in [1.54, 1.807) is 0 Å². The van der Waals surface area contributed by atoms with Gasteiger partial charge in [-0.05, 0) is 49.3 Å². The second-order valence-corrected chi connectivity index (χ2v) is 8.27. The molecule has 0 aliphatic heterocycles. The van der Waals surface area contributed by atoms with Crippen molar-refractivity contribution in [1.82, 2.24) is 25.1 Å². The van der Waals surface area contributed by atoms with Gasteiger partial charge in [0.25, 0.3) is 0 Å². The Morgan fingerprint density at radius 2 is 2.10 bits per heavy atom. The Morgan fingerprint density at radius 3 is 2.86 bits per heavy atom. The number of nitrogen functional groups attached to an aromatic ring is 1. The van der Waals surface area contributed by atoms with Gasteiger partial charge in [0.05, 0.1) is 5.75 Å². The van der Waals surface area contributed by atoms with Crippen molar-refractivity contribution in [3.05, 3.63) is 41.1 Å². The predicted molar refractivity (Wildman–Crippen MR) is 114 cm³/mol. The number of rotatable bonds is 7. The van der Waals surface area contributed by atoms with Gasteiger partial charge in [-0.15, -0.1) is 10.2 Å². The summed E-state index contributed by atoms with van der Waals surface area (Å²) >= 11 is 1.25. The summed E-state index contributed by atoms with van der Waals surface area (Å²) in [7, 11) is 0. The number of benzene rings is 1. The number of aromatic nitrogens is 5. The lowest BCUT2D eigenvalue weighted by Gasteiger charge is -2.10. The number of nitrogens with two attached hydrogens (primary N) is 1. The highest BCUT2D eigenvalue weighted by Gasteiger charge is 2.24. The minimum atomic E-state index is -0.114. The lowest BCUT2D eigenvalue weighted by Crippen LogP contribution is -2.16. The Morgan fingerprint density at radius 1 is 1.31 bits per heavy atom. The molecule has 2 aromatic heterocycles. The summed E-state index contributed by atoms with van der Waals surface area (Å²) in [6, 6.07) is 7.99. The fourth-order valence-electron chi connectivity index (χ4n) is 3.50. The average Bonchev–Trinajstić information content (AvgIpc) is 3.43. The van der Waals surface area contributed by atoms with Crippen molar-refractivity contribution in [2.24, 2.45) is 0 Å². The number of carbonyl (C=O) groups excluding carboxylic acids is 1. The van der Waals surface area contributed by atoms with E-state index in [1.165, 1.54) is 27.6 Å². The zero-order valence-corrected chi connectivity index (χ0v) is 17.4. The van der Waals surface area contributed by atoms with E-state index in [0.717, 1.165) is 42.8 Å². The SMILES string of the molecule is CC[C@H](C)c1ccc(NC(=O)CSc2nnc(-c3n[nH]c4c3CCC4)n2N)cc1. The molecule has 0 unspecified atom stereocenters. The molecule has 0 bridgehead atoms. The molecule has 3 aromatic rings. The van der Waals surface area contributed by atoms with Crippen LogP contribution < -0.4 is 11.2 Å². The van der Waals surface area contributed by atoms with Gasteiger partial charge in [-0.25, -0.2) is 4.68 Å². The summed E-state index contributed by atoms with van der Waals surface area (Å²) in [6.07, 6.45) is 4.16. The van der Waals surface area contributed by atoms with E-state index in [4.69, 9.17) is 5.84 Å². The van der Waals surface area contributed by atoms with Crippen molar-refractivity contribution in [3.63, 3.8) is 0 Å². The van der Waals surface area contributed by atoms with Crippen LogP contribution in [0.15, 0.2) is 29.4 Å². The van der Waals surface area contributed by atoms with Crippen molar-refractivity contribution in [3.8, 4) is 11.5 Å². The summed E-state index contributed by atoms with van der Waals surface area (Å²) in [5, 5.41) is 19.1. The van der Waals surface area contributed by atoms with Crippen molar-refractivity contribution in [2.45, 2.75) is 50.6 Å². The maximum atomic E-state index is 12.3. The van der Waals surface area contributed by atoms with Gasteiger partial charge < -0.3 is 11.2 Å². The average molecular weight is 412 g/mol. The van der Waals surface area contributed by atoms with Crippen LogP contribution in [0.1, 0.15) is 49.4 Å². The molecule has 8 nitrogen and oxygen atoms in total. The smallest absolute Gasteiger partial charge is 0.234 e. The normalized spacial score (nSPS) is 14.0. The van der Waals surface area contributed by atoms with Crippen molar-refractivity contribution in [1.29, 1.82) is 0 Å². The number of thioether (sulfide) groups is 1. The van der Waals surface area contributed by atoms with Crippen LogP contribution in [0.3, 0.4) is 0 Å². The molecule has 0 radical (unpaired) electrons. The molecular formula is C20H25N7OS. The molecular weight excluding hydrogens is 386 g/mol. The molecule has 9 heteroatoms. The molecule has 0 saturated carbocycles. The molecule has 1 atom stereocenters. The van der Waals surface area contributed by atoms with Crippen LogP contribution in [-0.4, -0.2) is 36.7 Å². The predicted octanol–water partition coefficient (Wildman–Crippen LogP) is 3.12. The highest BCUT2D eigenvalue weighted by atomic mass is 32.2. The van der Waals surface area contributed by atoms with Crippen molar-refractivity contribution >= 4 is 23.4 Å². The van der Waals surface area contributed by atoms with Crippen molar-refractivity contribution < 1.29 is 4.79 Å². The van der Waals surface area contributed by atoms with Crippen LogP contribution in [0.2, 0.25) is 0 Å². The minimum absolute atomic E-state index is 0.114. The number of carbonyl (C=O) groups is 1. The van der Waals surface area contributed by atoms with E-state index < -0.39 is 0 Å². The molecule has 0 fully saturated rings. The van der Waals surface area contributed by atoms with E-state index in [0.29, 0.717) is 16.9 Å². The first kappa shape index (κ1) is 19.5. The minimum Gasteiger partial charge on any atom is -0.335 e. The monoisotopic (exact) mass is 411 g/mol. The first-order valence-corrected chi connectivity index (χ1v) is 10.8. The summed E-state index contributed by atoms with van der Waals surface area (Å²) in [5.74, 6) is 7.28. The van der Waals surface area contributed by atoms with Crippen LogP contribution in [0.5, 0.6) is 0 Å². The number of H-pyrrole nitrogens is 1. The Bertz CT molecular complexity index is 1010. The maximum Gasteiger partial charge on any atom is 0.234 e. The molecule has 29 heavy (non-hydrogen) atoms. The topological polar surface area (TPSA) is 115 Å². The number of fused-ring (bicyclic) bond motifs is 1. The highest BCUT2D eigenvalue weighted by molar-refractivity contribution is 7.99. The van der Waals surface area contributed by atoms with Crippen LogP contribution >= 0.6 is 11.8 Å². The van der Waals surface area contributed by atoms with Gasteiger partial charge >= 0.3 is 0 Å². The van der Waals surface area contributed by atoms with E-state index in [-0.39, 0.29) is 11.7 Å².